The minimum Gasteiger partial charge on any atom is -0.508 e. The molecule has 3 unspecified atom stereocenters. The van der Waals surface area contributed by atoms with Crippen molar-refractivity contribution in [3.8, 4) is 5.75 Å². The number of carbonyl (C=O) groups is 1. The van der Waals surface area contributed by atoms with Gasteiger partial charge in [-0.2, -0.15) is 0 Å². The van der Waals surface area contributed by atoms with Gasteiger partial charge >= 0.3 is 5.97 Å². The quantitative estimate of drug-likeness (QED) is 0.770. The summed E-state index contributed by atoms with van der Waals surface area (Å²) in [6.45, 7) is 2.25. The van der Waals surface area contributed by atoms with Gasteiger partial charge in [-0.25, -0.2) is 0 Å². The Labute approximate surface area is 94.0 Å². The number of carbonyl (C=O) groups excluding carboxylic acids is 1. The number of fused-ring (bicyclic) bond motifs is 3. The first-order valence-electron chi connectivity index (χ1n) is 5.71. The van der Waals surface area contributed by atoms with E-state index >= 15 is 0 Å². The van der Waals surface area contributed by atoms with Crippen molar-refractivity contribution in [1.29, 1.82) is 0 Å². The number of phenolic OH excluding ortho intramolecular Hbond substituents is 1. The third-order valence-electron chi connectivity index (χ3n) is 3.69. The molecule has 1 N–H and O–H groups in total. The number of phenols is 1. The topological polar surface area (TPSA) is 46.5 Å². The Morgan fingerprint density at radius 3 is 3.12 bits per heavy atom. The molecule has 3 rings (SSSR count). The Kier molecular flexibility index (Phi) is 1.96. The molecule has 84 valence electrons. The van der Waals surface area contributed by atoms with Crippen LogP contribution in [0.1, 0.15) is 24.0 Å². The average Bonchev–Trinajstić information content (AvgIpc) is 2.81. The molecule has 1 aromatic carbocycles. The van der Waals surface area contributed by atoms with E-state index in [9.17, 15) is 9.90 Å². The van der Waals surface area contributed by atoms with Crippen molar-refractivity contribution in [2.24, 2.45) is 11.8 Å². The maximum absolute atomic E-state index is 11.6. The highest BCUT2D eigenvalue weighted by Crippen LogP contribution is 2.63. The molecule has 0 heterocycles. The average molecular weight is 218 g/mol. The van der Waals surface area contributed by atoms with Crippen LogP contribution in [0.2, 0.25) is 0 Å². The second-order valence-electron chi connectivity index (χ2n) is 4.52. The maximum atomic E-state index is 11.6. The van der Waals surface area contributed by atoms with Gasteiger partial charge in [0.25, 0.3) is 0 Å². The highest BCUT2D eigenvalue weighted by molar-refractivity contribution is 5.80. The van der Waals surface area contributed by atoms with E-state index in [2.05, 4.69) is 0 Å². The first-order valence-corrected chi connectivity index (χ1v) is 5.71. The van der Waals surface area contributed by atoms with Crippen LogP contribution in [0.15, 0.2) is 18.2 Å². The van der Waals surface area contributed by atoms with Gasteiger partial charge in [0.15, 0.2) is 0 Å². The van der Waals surface area contributed by atoms with E-state index in [0.717, 1.165) is 12.0 Å². The first kappa shape index (κ1) is 9.70. The Balaban J connectivity index is 1.87. The van der Waals surface area contributed by atoms with Crippen molar-refractivity contribution in [2.75, 3.05) is 6.61 Å². The molecule has 2 aliphatic carbocycles. The van der Waals surface area contributed by atoms with E-state index in [-0.39, 0.29) is 17.8 Å². The number of benzene rings is 1. The predicted molar refractivity (Wildman–Crippen MR) is 58.2 cm³/mol. The summed E-state index contributed by atoms with van der Waals surface area (Å²) in [4.78, 5) is 11.6. The number of hydrogen-bond acceptors (Lipinski definition) is 3. The van der Waals surface area contributed by atoms with Gasteiger partial charge in [-0.1, -0.05) is 12.1 Å². The summed E-state index contributed by atoms with van der Waals surface area (Å²) in [5.74, 6) is 0.779. The van der Waals surface area contributed by atoms with E-state index in [0.29, 0.717) is 18.3 Å². The van der Waals surface area contributed by atoms with Gasteiger partial charge in [-0.05, 0) is 30.9 Å². The molecule has 0 spiro atoms. The van der Waals surface area contributed by atoms with Gasteiger partial charge in [0.1, 0.15) is 5.75 Å². The maximum Gasteiger partial charge on any atom is 0.309 e. The third kappa shape index (κ3) is 1.17. The normalized spacial score (nSPS) is 29.4. The van der Waals surface area contributed by atoms with Crippen LogP contribution < -0.4 is 0 Å². The second kappa shape index (κ2) is 3.24. The highest BCUT2D eigenvalue weighted by atomic mass is 16.5. The summed E-state index contributed by atoms with van der Waals surface area (Å²) >= 11 is 0. The van der Waals surface area contributed by atoms with E-state index in [4.69, 9.17) is 4.74 Å². The molecule has 0 aromatic heterocycles. The lowest BCUT2D eigenvalue weighted by atomic mass is 10.0. The van der Waals surface area contributed by atoms with Crippen molar-refractivity contribution in [3.63, 3.8) is 0 Å². The molecule has 0 amide bonds. The fraction of sp³-hybridized carbons (Fsp3) is 0.462. The number of ether oxygens (including phenoxy) is 1. The molecule has 1 fully saturated rings. The molecule has 3 nitrogen and oxygen atoms in total. The highest BCUT2D eigenvalue weighted by Gasteiger charge is 2.61. The third-order valence-corrected chi connectivity index (χ3v) is 3.69. The Hall–Kier alpha value is -1.51. The standard InChI is InChI=1S/C13H14O3/c1-2-16-13(15)12-8-6-7-4-3-5-9(14)10(7)11(8)12/h3-5,8,11-12,14H,2,6H2,1H3. The minimum absolute atomic E-state index is 0.0132. The van der Waals surface area contributed by atoms with Crippen molar-refractivity contribution in [2.45, 2.75) is 19.3 Å². The van der Waals surface area contributed by atoms with Crippen LogP contribution in [0.3, 0.4) is 0 Å². The van der Waals surface area contributed by atoms with Gasteiger partial charge in [-0.3, -0.25) is 4.79 Å². The number of aromatic hydroxyl groups is 1. The van der Waals surface area contributed by atoms with Crippen LogP contribution in [0.5, 0.6) is 5.75 Å². The van der Waals surface area contributed by atoms with E-state index < -0.39 is 0 Å². The lowest BCUT2D eigenvalue weighted by Crippen LogP contribution is -2.10. The Morgan fingerprint density at radius 1 is 1.56 bits per heavy atom. The Morgan fingerprint density at radius 2 is 2.38 bits per heavy atom. The van der Waals surface area contributed by atoms with E-state index in [1.54, 1.807) is 6.07 Å². The van der Waals surface area contributed by atoms with Crippen LogP contribution in [-0.4, -0.2) is 17.7 Å². The smallest absolute Gasteiger partial charge is 0.309 e. The van der Waals surface area contributed by atoms with Crippen LogP contribution in [0.25, 0.3) is 0 Å². The van der Waals surface area contributed by atoms with Crippen LogP contribution in [-0.2, 0) is 16.0 Å². The Bertz CT molecular complexity index is 452. The summed E-state index contributed by atoms with van der Waals surface area (Å²) < 4.78 is 5.04. The first-order chi connectivity index (χ1) is 7.74. The SMILES string of the molecule is CCOC(=O)C1C2Cc3cccc(O)c3C21. The summed E-state index contributed by atoms with van der Waals surface area (Å²) in [5, 5.41) is 9.81. The summed E-state index contributed by atoms with van der Waals surface area (Å²) in [7, 11) is 0. The monoisotopic (exact) mass is 218 g/mol. The molecule has 1 saturated carbocycles. The van der Waals surface area contributed by atoms with Crippen molar-refractivity contribution >= 4 is 5.97 Å². The summed E-state index contributed by atoms with van der Waals surface area (Å²) in [6.07, 6.45) is 0.901. The molecule has 2 aliphatic rings. The largest absolute Gasteiger partial charge is 0.508 e. The summed E-state index contributed by atoms with van der Waals surface area (Å²) in [5.41, 5.74) is 2.17. The van der Waals surface area contributed by atoms with Crippen LogP contribution in [0, 0.1) is 11.8 Å². The molecule has 3 atom stereocenters. The second-order valence-corrected chi connectivity index (χ2v) is 4.52. The molecular formula is C13H14O3. The zero-order chi connectivity index (χ0) is 11.3. The van der Waals surface area contributed by atoms with Crippen molar-refractivity contribution in [1.82, 2.24) is 0 Å². The lowest BCUT2D eigenvalue weighted by Gasteiger charge is -2.08. The fourth-order valence-corrected chi connectivity index (χ4v) is 3.00. The number of esters is 1. The fourth-order valence-electron chi connectivity index (χ4n) is 3.00. The van der Waals surface area contributed by atoms with Crippen molar-refractivity contribution in [3.05, 3.63) is 29.3 Å². The molecule has 3 heteroatoms. The van der Waals surface area contributed by atoms with E-state index in [1.807, 2.05) is 19.1 Å². The zero-order valence-electron chi connectivity index (χ0n) is 9.14. The minimum atomic E-state index is -0.105. The molecule has 0 bridgehead atoms. The molecule has 1 aromatic rings. The van der Waals surface area contributed by atoms with Crippen LogP contribution >= 0.6 is 0 Å². The molecular weight excluding hydrogens is 204 g/mol. The predicted octanol–water partition coefficient (Wildman–Crippen LogP) is 1.84. The number of hydrogen-bond donors (Lipinski definition) is 1. The lowest BCUT2D eigenvalue weighted by molar-refractivity contribution is -0.145. The van der Waals surface area contributed by atoms with Crippen molar-refractivity contribution < 1.29 is 14.6 Å². The van der Waals surface area contributed by atoms with Gasteiger partial charge < -0.3 is 9.84 Å². The molecule has 0 saturated heterocycles. The van der Waals surface area contributed by atoms with Crippen LogP contribution in [0.4, 0.5) is 0 Å². The number of rotatable bonds is 2. The van der Waals surface area contributed by atoms with Gasteiger partial charge in [-0.15, -0.1) is 0 Å². The van der Waals surface area contributed by atoms with E-state index in [1.165, 1.54) is 5.56 Å². The molecule has 0 radical (unpaired) electrons. The van der Waals surface area contributed by atoms with Gasteiger partial charge in [0, 0.05) is 11.5 Å². The molecule has 16 heavy (non-hydrogen) atoms. The van der Waals surface area contributed by atoms with Gasteiger partial charge in [0.05, 0.1) is 12.5 Å². The summed E-state index contributed by atoms with van der Waals surface area (Å²) in [6, 6.07) is 5.59. The zero-order valence-corrected chi connectivity index (χ0v) is 9.14. The molecule has 0 aliphatic heterocycles. The van der Waals surface area contributed by atoms with Gasteiger partial charge in [0.2, 0.25) is 0 Å².